The van der Waals surface area contributed by atoms with Gasteiger partial charge in [-0.25, -0.2) is 0 Å². The predicted octanol–water partition coefficient (Wildman–Crippen LogP) is 4.94. The fraction of sp³-hybridized carbons (Fsp3) is 0.760. The first kappa shape index (κ1) is 23.4. The number of fused-ring (bicyclic) bond motifs is 1. The Morgan fingerprint density at radius 2 is 2.03 bits per heavy atom. The number of nitrogens with zero attached hydrogens (tertiary/aromatic N) is 1. The van der Waals surface area contributed by atoms with Crippen LogP contribution in [0, 0.1) is 28.1 Å². The molecular weight excluding hydrogens is 378 g/mol. The van der Waals surface area contributed by atoms with Gasteiger partial charge in [-0.2, -0.15) is 4.91 Å². The fourth-order valence-electron chi connectivity index (χ4n) is 6.25. The number of allylic oxidation sites excluding steroid dienone is 3. The van der Waals surface area contributed by atoms with Crippen molar-refractivity contribution in [3.8, 4) is 0 Å². The molecule has 0 aliphatic heterocycles. The molecule has 5 heteroatoms. The van der Waals surface area contributed by atoms with Crippen molar-refractivity contribution in [3.63, 3.8) is 0 Å². The molecule has 5 nitrogen and oxygen atoms in total. The van der Waals surface area contributed by atoms with E-state index in [4.69, 9.17) is 4.74 Å². The van der Waals surface area contributed by atoms with Crippen molar-refractivity contribution in [3.05, 3.63) is 40.4 Å². The number of aliphatic hydroxyl groups is 2. The molecule has 0 radical (unpaired) electrons. The second kappa shape index (κ2) is 9.88. The topological polar surface area (TPSA) is 79.1 Å². The summed E-state index contributed by atoms with van der Waals surface area (Å²) in [7, 11) is 0. The summed E-state index contributed by atoms with van der Waals surface area (Å²) in [6.07, 6.45) is 10.2. The highest BCUT2D eigenvalue weighted by molar-refractivity contribution is 5.38. The molecule has 7 atom stereocenters. The second-order valence-corrected chi connectivity index (χ2v) is 10.1. The Kier molecular flexibility index (Phi) is 7.70. The number of hydrogen-bond acceptors (Lipinski definition) is 5. The van der Waals surface area contributed by atoms with Gasteiger partial charge in [0.2, 0.25) is 0 Å². The second-order valence-electron chi connectivity index (χ2n) is 10.1. The molecule has 0 saturated heterocycles. The van der Waals surface area contributed by atoms with E-state index in [2.05, 4.69) is 37.8 Å². The van der Waals surface area contributed by atoms with Gasteiger partial charge in [-0.1, -0.05) is 43.3 Å². The van der Waals surface area contributed by atoms with Gasteiger partial charge in [0.1, 0.15) is 6.04 Å². The van der Waals surface area contributed by atoms with Gasteiger partial charge in [0.05, 0.1) is 18.8 Å². The monoisotopic (exact) mass is 417 g/mol. The zero-order chi connectivity index (χ0) is 21.9. The Bertz CT molecular complexity index is 699. The summed E-state index contributed by atoms with van der Waals surface area (Å²) >= 11 is 0. The van der Waals surface area contributed by atoms with Crippen LogP contribution >= 0.6 is 0 Å². The lowest BCUT2D eigenvalue weighted by Crippen LogP contribution is -2.37. The van der Waals surface area contributed by atoms with Crippen molar-refractivity contribution in [1.82, 2.24) is 0 Å². The maximum Gasteiger partial charge on any atom is 0.112 e. The lowest BCUT2D eigenvalue weighted by atomic mass is 9.61. The molecule has 3 fully saturated rings. The van der Waals surface area contributed by atoms with Gasteiger partial charge < -0.3 is 14.9 Å². The van der Waals surface area contributed by atoms with Crippen molar-refractivity contribution in [2.45, 2.75) is 84.0 Å². The number of rotatable bonds is 7. The van der Waals surface area contributed by atoms with E-state index in [1.54, 1.807) is 6.92 Å². The summed E-state index contributed by atoms with van der Waals surface area (Å²) < 4.78 is 5.80. The molecule has 3 aliphatic rings. The lowest BCUT2D eigenvalue weighted by molar-refractivity contribution is 0.0311. The number of hydrogen-bond donors (Lipinski definition) is 2. The van der Waals surface area contributed by atoms with Crippen molar-refractivity contribution < 1.29 is 14.9 Å². The molecule has 0 bridgehead atoms. The van der Waals surface area contributed by atoms with Crippen LogP contribution in [0.15, 0.2) is 40.6 Å². The molecule has 0 heterocycles. The predicted molar refractivity (Wildman–Crippen MR) is 120 cm³/mol. The number of aliphatic hydroxyl groups excluding tert-OH is 2. The van der Waals surface area contributed by atoms with Crippen LogP contribution in [0.25, 0.3) is 0 Å². The molecule has 3 aliphatic carbocycles. The number of ether oxygens (including phenoxy) is 1. The third-order valence-corrected chi connectivity index (χ3v) is 7.91. The molecule has 0 aromatic heterocycles. The molecular formula is C25H39NO4. The summed E-state index contributed by atoms with van der Waals surface area (Å²) in [5.41, 5.74) is 3.52. The average Bonchev–Trinajstić information content (AvgIpc) is 3.06. The van der Waals surface area contributed by atoms with Crippen LogP contribution in [0.4, 0.5) is 0 Å². The number of nitroso groups, excluding NO2 is 1. The third kappa shape index (κ3) is 4.95. The van der Waals surface area contributed by atoms with Gasteiger partial charge in [-0.15, -0.1) is 0 Å². The van der Waals surface area contributed by atoms with E-state index in [-0.39, 0.29) is 11.5 Å². The van der Waals surface area contributed by atoms with Crippen molar-refractivity contribution in [2.75, 3.05) is 13.2 Å². The van der Waals surface area contributed by atoms with E-state index >= 15 is 0 Å². The van der Waals surface area contributed by atoms with Gasteiger partial charge in [-0.3, -0.25) is 0 Å². The minimum atomic E-state index is -0.635. The van der Waals surface area contributed by atoms with Crippen LogP contribution in [0.3, 0.4) is 0 Å². The standard InChI is InChI=1S/C25H39NO4/c1-16(14-30-15-17(2)26-29)22-9-10-23-19(6-5-11-25(22,23)4)7-8-20-12-21(27)13-24(28)18(20)3/h7-8,16-17,21-24,27-28H,3,5-6,9-15H2,1-2,4H3/t16-,17?,21-,22-,23+,24+,25-/m1/s1. The van der Waals surface area contributed by atoms with Crippen LogP contribution in [-0.2, 0) is 4.74 Å². The fourth-order valence-corrected chi connectivity index (χ4v) is 6.25. The van der Waals surface area contributed by atoms with E-state index in [1.807, 2.05) is 0 Å². The molecule has 30 heavy (non-hydrogen) atoms. The first-order valence-corrected chi connectivity index (χ1v) is 11.6. The van der Waals surface area contributed by atoms with Gasteiger partial charge in [0.15, 0.2) is 0 Å². The summed E-state index contributed by atoms with van der Waals surface area (Å²) in [6.45, 7) is 11.7. The summed E-state index contributed by atoms with van der Waals surface area (Å²) in [5, 5.41) is 23.1. The highest BCUT2D eigenvalue weighted by Gasteiger charge is 2.50. The quantitative estimate of drug-likeness (QED) is 0.575. The molecule has 1 unspecified atom stereocenters. The molecule has 3 saturated carbocycles. The van der Waals surface area contributed by atoms with E-state index in [0.717, 1.165) is 17.6 Å². The average molecular weight is 418 g/mol. The molecule has 168 valence electrons. The van der Waals surface area contributed by atoms with Crippen LogP contribution in [0.5, 0.6) is 0 Å². The van der Waals surface area contributed by atoms with E-state index in [0.29, 0.717) is 43.8 Å². The Balaban J connectivity index is 1.69. The maximum atomic E-state index is 10.6. The molecule has 0 aromatic rings. The Labute approximate surface area is 181 Å². The third-order valence-electron chi connectivity index (χ3n) is 7.91. The van der Waals surface area contributed by atoms with Crippen molar-refractivity contribution in [2.24, 2.45) is 28.3 Å². The molecule has 2 N–H and O–H groups in total. The first-order chi connectivity index (χ1) is 14.3. The van der Waals surface area contributed by atoms with Crippen LogP contribution in [0.2, 0.25) is 0 Å². The highest BCUT2D eigenvalue weighted by atomic mass is 16.5. The zero-order valence-electron chi connectivity index (χ0n) is 18.8. The normalized spacial score (nSPS) is 39.2. The Morgan fingerprint density at radius 1 is 1.27 bits per heavy atom. The Hall–Kier alpha value is -1.30. The van der Waals surface area contributed by atoms with Crippen LogP contribution < -0.4 is 0 Å². The Morgan fingerprint density at radius 3 is 2.77 bits per heavy atom. The highest BCUT2D eigenvalue weighted by Crippen LogP contribution is 2.59. The minimum Gasteiger partial charge on any atom is -0.393 e. The van der Waals surface area contributed by atoms with Crippen molar-refractivity contribution in [1.29, 1.82) is 0 Å². The van der Waals surface area contributed by atoms with Crippen LogP contribution in [0.1, 0.15) is 65.7 Å². The van der Waals surface area contributed by atoms with Crippen molar-refractivity contribution >= 4 is 0 Å². The first-order valence-electron chi connectivity index (χ1n) is 11.6. The molecule has 0 spiro atoms. The van der Waals surface area contributed by atoms with Gasteiger partial charge in [0.25, 0.3) is 0 Å². The summed E-state index contributed by atoms with van der Waals surface area (Å²) in [6, 6.07) is -0.284. The molecule has 3 rings (SSSR count). The SMILES string of the molecule is C=C1C(=CC=C2CCC[C@]3(C)[C@@H]([C@H](C)COCC(C)N=O)CC[C@@H]23)C[C@@H](O)C[C@@H]1O. The van der Waals surface area contributed by atoms with Crippen LogP contribution in [-0.4, -0.2) is 41.7 Å². The summed E-state index contributed by atoms with van der Waals surface area (Å²) in [5.74, 6) is 1.66. The zero-order valence-corrected chi connectivity index (χ0v) is 18.8. The lowest BCUT2D eigenvalue weighted by Gasteiger charge is -2.44. The van der Waals surface area contributed by atoms with Gasteiger partial charge in [-0.05, 0) is 79.8 Å². The van der Waals surface area contributed by atoms with E-state index in [1.165, 1.54) is 31.3 Å². The van der Waals surface area contributed by atoms with E-state index < -0.39 is 12.2 Å². The summed E-state index contributed by atoms with van der Waals surface area (Å²) in [4.78, 5) is 10.6. The van der Waals surface area contributed by atoms with Gasteiger partial charge in [0, 0.05) is 13.0 Å². The largest absolute Gasteiger partial charge is 0.393 e. The molecule has 0 amide bonds. The maximum absolute atomic E-state index is 10.6. The smallest absolute Gasteiger partial charge is 0.112 e. The van der Waals surface area contributed by atoms with E-state index in [9.17, 15) is 15.1 Å². The van der Waals surface area contributed by atoms with Gasteiger partial charge >= 0.3 is 0 Å². The molecule has 0 aromatic carbocycles. The minimum absolute atomic E-state index is 0.280.